The van der Waals surface area contributed by atoms with Gasteiger partial charge in [0.05, 0.1) is 3.79 Å². The lowest BCUT2D eigenvalue weighted by molar-refractivity contribution is 0.457. The van der Waals surface area contributed by atoms with Gasteiger partial charge in [-0.15, -0.1) is 11.3 Å². The van der Waals surface area contributed by atoms with Crippen LogP contribution in [0.2, 0.25) is 0 Å². The molecule has 1 aromatic heterocycles. The molecule has 1 fully saturated rings. The van der Waals surface area contributed by atoms with Crippen LogP contribution in [0.4, 0.5) is 0 Å². The van der Waals surface area contributed by atoms with Crippen molar-refractivity contribution in [3.05, 3.63) is 20.8 Å². The quantitative estimate of drug-likeness (QED) is 0.875. The predicted octanol–water partition coefficient (Wildman–Crippen LogP) is 4.28. The third-order valence-corrected chi connectivity index (χ3v) is 6.17. The standard InChI is InChI=1S/C13H20BrNS/c1-12(2)10(13(12,3)4)7-15-6-9-5-11(14)16-8-9/h5,8,10,15H,6-7H2,1-4H3. The first-order valence-corrected chi connectivity index (χ1v) is 7.46. The van der Waals surface area contributed by atoms with Crippen LogP contribution in [0.5, 0.6) is 0 Å². The average Bonchev–Trinajstić information content (AvgIpc) is 2.53. The molecular weight excluding hydrogens is 282 g/mol. The zero-order chi connectivity index (χ0) is 12.0. The van der Waals surface area contributed by atoms with Crippen LogP contribution >= 0.6 is 27.3 Å². The lowest BCUT2D eigenvalue weighted by atomic mass is 10.0. The van der Waals surface area contributed by atoms with Crippen molar-refractivity contribution in [1.29, 1.82) is 0 Å². The Balaban J connectivity index is 1.78. The van der Waals surface area contributed by atoms with E-state index in [1.54, 1.807) is 11.3 Å². The summed E-state index contributed by atoms with van der Waals surface area (Å²) in [6.45, 7) is 11.6. The summed E-state index contributed by atoms with van der Waals surface area (Å²) in [5.41, 5.74) is 2.37. The van der Waals surface area contributed by atoms with Crippen LogP contribution < -0.4 is 5.32 Å². The van der Waals surface area contributed by atoms with Crippen LogP contribution in [0.1, 0.15) is 33.3 Å². The number of rotatable bonds is 4. The van der Waals surface area contributed by atoms with Crippen molar-refractivity contribution in [2.45, 2.75) is 34.2 Å². The predicted molar refractivity (Wildman–Crippen MR) is 74.8 cm³/mol. The molecule has 0 saturated heterocycles. The maximum atomic E-state index is 3.57. The van der Waals surface area contributed by atoms with Gasteiger partial charge in [-0.2, -0.15) is 0 Å². The van der Waals surface area contributed by atoms with Crippen molar-refractivity contribution < 1.29 is 0 Å². The highest BCUT2D eigenvalue weighted by atomic mass is 79.9. The molecule has 3 heteroatoms. The van der Waals surface area contributed by atoms with Gasteiger partial charge in [0, 0.05) is 6.54 Å². The number of nitrogens with one attached hydrogen (secondary N) is 1. The third kappa shape index (κ3) is 2.09. The Morgan fingerprint density at radius 2 is 1.94 bits per heavy atom. The molecule has 1 nitrogen and oxygen atoms in total. The van der Waals surface area contributed by atoms with E-state index in [9.17, 15) is 0 Å². The van der Waals surface area contributed by atoms with Crippen LogP contribution in [-0.2, 0) is 6.54 Å². The molecule has 0 aromatic carbocycles. The Morgan fingerprint density at radius 3 is 2.38 bits per heavy atom. The lowest BCUT2D eigenvalue weighted by Crippen LogP contribution is -2.18. The van der Waals surface area contributed by atoms with Gasteiger partial charge in [-0.25, -0.2) is 0 Å². The first-order valence-electron chi connectivity index (χ1n) is 5.79. The topological polar surface area (TPSA) is 12.0 Å². The van der Waals surface area contributed by atoms with E-state index in [4.69, 9.17) is 0 Å². The summed E-state index contributed by atoms with van der Waals surface area (Å²) < 4.78 is 1.22. The minimum Gasteiger partial charge on any atom is -0.312 e. The van der Waals surface area contributed by atoms with Gasteiger partial charge in [-0.05, 0) is 56.2 Å². The fourth-order valence-corrected chi connectivity index (χ4v) is 3.85. The van der Waals surface area contributed by atoms with Gasteiger partial charge in [0.2, 0.25) is 0 Å². The van der Waals surface area contributed by atoms with Gasteiger partial charge >= 0.3 is 0 Å². The second kappa shape index (κ2) is 4.11. The van der Waals surface area contributed by atoms with E-state index >= 15 is 0 Å². The maximum Gasteiger partial charge on any atom is 0.0701 e. The molecule has 16 heavy (non-hydrogen) atoms. The van der Waals surface area contributed by atoms with Gasteiger partial charge in [0.15, 0.2) is 0 Å². The van der Waals surface area contributed by atoms with Crippen molar-refractivity contribution >= 4 is 27.3 Å². The molecular formula is C13H20BrNS. The zero-order valence-corrected chi connectivity index (χ0v) is 12.8. The molecule has 0 radical (unpaired) electrons. The Labute approximate surface area is 111 Å². The number of thiophene rings is 1. The molecule has 1 aliphatic carbocycles. The second-order valence-electron chi connectivity index (χ2n) is 5.89. The van der Waals surface area contributed by atoms with E-state index < -0.39 is 0 Å². The first-order chi connectivity index (χ1) is 7.35. The summed E-state index contributed by atoms with van der Waals surface area (Å²) in [5.74, 6) is 0.807. The summed E-state index contributed by atoms with van der Waals surface area (Å²) in [7, 11) is 0. The van der Waals surface area contributed by atoms with Crippen LogP contribution in [0.15, 0.2) is 15.2 Å². The Kier molecular flexibility index (Phi) is 3.23. The summed E-state index contributed by atoms with van der Waals surface area (Å²) in [4.78, 5) is 0. The van der Waals surface area contributed by atoms with Gasteiger partial charge in [0.25, 0.3) is 0 Å². The minimum absolute atomic E-state index is 0.495. The number of hydrogen-bond acceptors (Lipinski definition) is 2. The van der Waals surface area contributed by atoms with Crippen molar-refractivity contribution in [3.63, 3.8) is 0 Å². The highest BCUT2D eigenvalue weighted by molar-refractivity contribution is 9.11. The molecule has 1 saturated carbocycles. The van der Waals surface area contributed by atoms with Gasteiger partial charge in [-0.1, -0.05) is 27.7 Å². The minimum atomic E-state index is 0.495. The average molecular weight is 302 g/mol. The molecule has 2 rings (SSSR count). The Bertz CT molecular complexity index is 367. The summed E-state index contributed by atoms with van der Waals surface area (Å²) in [6.07, 6.45) is 0. The summed E-state index contributed by atoms with van der Waals surface area (Å²) >= 11 is 5.25. The SMILES string of the molecule is CC1(C)C(CNCc2csc(Br)c2)C1(C)C. The molecule has 1 aromatic rings. The largest absolute Gasteiger partial charge is 0.312 e. The van der Waals surface area contributed by atoms with E-state index in [0.717, 1.165) is 19.0 Å². The van der Waals surface area contributed by atoms with E-state index in [1.165, 1.54) is 9.35 Å². The zero-order valence-electron chi connectivity index (χ0n) is 10.4. The molecule has 0 amide bonds. The van der Waals surface area contributed by atoms with Crippen molar-refractivity contribution in [3.8, 4) is 0 Å². The van der Waals surface area contributed by atoms with E-state index in [1.807, 2.05) is 0 Å². The van der Waals surface area contributed by atoms with E-state index in [2.05, 4.69) is 60.4 Å². The molecule has 0 spiro atoms. The maximum absolute atomic E-state index is 3.57. The van der Waals surface area contributed by atoms with E-state index in [-0.39, 0.29) is 0 Å². The summed E-state index contributed by atoms with van der Waals surface area (Å²) in [6, 6.07) is 2.20. The molecule has 0 unspecified atom stereocenters. The molecule has 90 valence electrons. The molecule has 0 aliphatic heterocycles. The molecule has 1 heterocycles. The normalized spacial score (nSPS) is 22.3. The smallest absolute Gasteiger partial charge is 0.0701 e. The lowest BCUT2D eigenvalue weighted by Gasteiger charge is -2.04. The van der Waals surface area contributed by atoms with Gasteiger partial charge < -0.3 is 5.32 Å². The van der Waals surface area contributed by atoms with Crippen LogP contribution in [0.3, 0.4) is 0 Å². The molecule has 1 aliphatic rings. The molecule has 1 N–H and O–H groups in total. The Morgan fingerprint density at radius 1 is 1.31 bits per heavy atom. The van der Waals surface area contributed by atoms with Crippen molar-refractivity contribution in [2.75, 3.05) is 6.54 Å². The van der Waals surface area contributed by atoms with Gasteiger partial charge in [-0.3, -0.25) is 0 Å². The fraction of sp³-hybridized carbons (Fsp3) is 0.692. The molecule has 0 bridgehead atoms. The third-order valence-electron chi connectivity index (χ3n) is 4.62. The van der Waals surface area contributed by atoms with E-state index in [0.29, 0.717) is 10.8 Å². The van der Waals surface area contributed by atoms with Crippen LogP contribution in [0, 0.1) is 16.7 Å². The van der Waals surface area contributed by atoms with Crippen LogP contribution in [-0.4, -0.2) is 6.54 Å². The van der Waals surface area contributed by atoms with Gasteiger partial charge in [0.1, 0.15) is 0 Å². The highest BCUT2D eigenvalue weighted by Gasteiger charge is 2.63. The van der Waals surface area contributed by atoms with Crippen LogP contribution in [0.25, 0.3) is 0 Å². The van der Waals surface area contributed by atoms with Crippen molar-refractivity contribution in [1.82, 2.24) is 5.32 Å². The second-order valence-corrected chi connectivity index (χ2v) is 8.18. The fourth-order valence-electron chi connectivity index (χ4n) is 2.64. The monoisotopic (exact) mass is 301 g/mol. The molecule has 0 atom stereocenters. The first kappa shape index (κ1) is 12.6. The highest BCUT2D eigenvalue weighted by Crippen LogP contribution is 2.67. The number of hydrogen-bond donors (Lipinski definition) is 1. The Hall–Kier alpha value is 0.140. The summed E-state index contributed by atoms with van der Waals surface area (Å²) in [5, 5.41) is 5.78. The number of halogens is 1. The van der Waals surface area contributed by atoms with Crippen molar-refractivity contribution in [2.24, 2.45) is 16.7 Å².